The van der Waals surface area contributed by atoms with Gasteiger partial charge in [0.1, 0.15) is 30.3 Å². The second kappa shape index (κ2) is 11.6. The van der Waals surface area contributed by atoms with Crippen LogP contribution in [0, 0.1) is 0 Å². The minimum Gasteiger partial charge on any atom is -0.490 e. The average Bonchev–Trinajstić information content (AvgIpc) is 2.80. The van der Waals surface area contributed by atoms with Gasteiger partial charge in [-0.2, -0.15) is 0 Å². The van der Waals surface area contributed by atoms with Crippen molar-refractivity contribution in [1.82, 2.24) is 5.32 Å². The molecule has 1 amide bonds. The zero-order chi connectivity index (χ0) is 21.9. The number of hydrogen-bond donors (Lipinski definition) is 1. The van der Waals surface area contributed by atoms with Crippen LogP contribution in [0.3, 0.4) is 0 Å². The molecule has 0 bridgehead atoms. The number of halogens is 1. The Morgan fingerprint density at radius 2 is 1.48 bits per heavy atom. The summed E-state index contributed by atoms with van der Waals surface area (Å²) in [6.45, 7) is 0.404. The lowest BCUT2D eigenvalue weighted by Gasteiger charge is -2.12. The highest BCUT2D eigenvalue weighted by Crippen LogP contribution is 2.19. The third-order valence-corrected chi connectivity index (χ3v) is 4.60. The van der Waals surface area contributed by atoms with Crippen molar-refractivity contribution >= 4 is 23.5 Å². The number of carbonyl (C=O) groups excluding carboxylic acids is 2. The van der Waals surface area contributed by atoms with Crippen LogP contribution in [0.1, 0.15) is 15.9 Å². The number of ether oxygens (including phenoxy) is 3. The van der Waals surface area contributed by atoms with Gasteiger partial charge in [0.15, 0.2) is 6.61 Å². The van der Waals surface area contributed by atoms with Gasteiger partial charge in [-0.1, -0.05) is 60.1 Å². The number of rotatable bonds is 10. The van der Waals surface area contributed by atoms with E-state index in [0.717, 1.165) is 11.3 Å². The van der Waals surface area contributed by atoms with E-state index in [1.807, 2.05) is 48.5 Å². The van der Waals surface area contributed by atoms with Gasteiger partial charge >= 0.3 is 5.97 Å². The van der Waals surface area contributed by atoms with Crippen LogP contribution in [0.15, 0.2) is 78.9 Å². The maximum atomic E-state index is 12.4. The summed E-state index contributed by atoms with van der Waals surface area (Å²) in [7, 11) is 0. The van der Waals surface area contributed by atoms with Gasteiger partial charge < -0.3 is 19.5 Å². The summed E-state index contributed by atoms with van der Waals surface area (Å²) in [5, 5.41) is 3.23. The summed E-state index contributed by atoms with van der Waals surface area (Å²) in [6, 6.07) is 23.2. The van der Waals surface area contributed by atoms with Gasteiger partial charge in [0.05, 0.1) is 0 Å². The molecule has 0 radical (unpaired) electrons. The van der Waals surface area contributed by atoms with E-state index in [-0.39, 0.29) is 18.7 Å². The molecule has 0 unspecified atom stereocenters. The van der Waals surface area contributed by atoms with E-state index in [4.69, 9.17) is 25.8 Å². The number of benzene rings is 3. The summed E-state index contributed by atoms with van der Waals surface area (Å²) in [6.07, 6.45) is 0. The van der Waals surface area contributed by atoms with E-state index in [0.29, 0.717) is 17.4 Å². The smallest absolute Gasteiger partial charge is 0.342 e. The van der Waals surface area contributed by atoms with E-state index in [1.165, 1.54) is 0 Å². The first-order valence-corrected chi connectivity index (χ1v) is 10.1. The van der Waals surface area contributed by atoms with Crippen molar-refractivity contribution in [3.05, 3.63) is 95.0 Å². The van der Waals surface area contributed by atoms with Crippen molar-refractivity contribution in [2.45, 2.75) is 6.54 Å². The predicted octanol–water partition coefficient (Wildman–Crippen LogP) is 4.27. The Morgan fingerprint density at radius 3 is 2.29 bits per heavy atom. The number of amides is 1. The number of esters is 1. The molecule has 7 heteroatoms. The molecule has 0 aliphatic rings. The van der Waals surface area contributed by atoms with Crippen molar-refractivity contribution in [1.29, 1.82) is 0 Å². The molecule has 3 rings (SSSR count). The Bertz CT molecular complexity index is 1010. The van der Waals surface area contributed by atoms with Crippen LogP contribution >= 0.6 is 11.6 Å². The molecule has 1 N–H and O–H groups in total. The van der Waals surface area contributed by atoms with Crippen LogP contribution in [0.2, 0.25) is 5.02 Å². The van der Waals surface area contributed by atoms with Crippen molar-refractivity contribution in [3.8, 4) is 11.5 Å². The highest BCUT2D eigenvalue weighted by atomic mass is 35.5. The fraction of sp³-hybridized carbons (Fsp3) is 0.167. The van der Waals surface area contributed by atoms with E-state index < -0.39 is 18.5 Å². The molecule has 6 nitrogen and oxygen atoms in total. The summed E-state index contributed by atoms with van der Waals surface area (Å²) < 4.78 is 16.4. The van der Waals surface area contributed by atoms with Crippen LogP contribution < -0.4 is 14.8 Å². The Kier molecular flexibility index (Phi) is 8.31. The molecule has 0 saturated heterocycles. The van der Waals surface area contributed by atoms with Gasteiger partial charge in [-0.15, -0.1) is 0 Å². The molecule has 0 fully saturated rings. The summed E-state index contributed by atoms with van der Waals surface area (Å²) in [5.41, 5.74) is 1.02. The van der Waals surface area contributed by atoms with Crippen molar-refractivity contribution < 1.29 is 23.8 Å². The van der Waals surface area contributed by atoms with E-state index in [2.05, 4.69) is 5.32 Å². The number of hydrogen-bond acceptors (Lipinski definition) is 5. The van der Waals surface area contributed by atoms with Crippen LogP contribution in [-0.4, -0.2) is 31.7 Å². The monoisotopic (exact) mass is 439 g/mol. The van der Waals surface area contributed by atoms with Crippen LogP contribution in [0.4, 0.5) is 0 Å². The molecular formula is C24H22ClNO5. The SMILES string of the molecule is O=C(COC(=O)c1ccccc1OCCOc1ccccc1)NCc1ccccc1Cl. The Labute approximate surface area is 185 Å². The fourth-order valence-electron chi connectivity index (χ4n) is 2.68. The number of para-hydroxylation sites is 2. The van der Waals surface area contributed by atoms with Gasteiger partial charge in [-0.3, -0.25) is 4.79 Å². The van der Waals surface area contributed by atoms with Gasteiger partial charge in [-0.05, 0) is 35.9 Å². The van der Waals surface area contributed by atoms with Crippen LogP contribution in [0.5, 0.6) is 11.5 Å². The highest BCUT2D eigenvalue weighted by Gasteiger charge is 2.15. The lowest BCUT2D eigenvalue weighted by Crippen LogP contribution is -2.28. The van der Waals surface area contributed by atoms with E-state index in [9.17, 15) is 9.59 Å². The molecule has 31 heavy (non-hydrogen) atoms. The first-order chi connectivity index (χ1) is 15.1. The molecule has 0 heterocycles. The molecule has 0 atom stereocenters. The van der Waals surface area contributed by atoms with Crippen molar-refractivity contribution in [2.24, 2.45) is 0 Å². The Balaban J connectivity index is 1.45. The molecular weight excluding hydrogens is 418 g/mol. The Hall–Kier alpha value is -3.51. The van der Waals surface area contributed by atoms with E-state index >= 15 is 0 Å². The molecule has 0 aromatic heterocycles. The van der Waals surface area contributed by atoms with E-state index in [1.54, 1.807) is 30.3 Å². The third-order valence-electron chi connectivity index (χ3n) is 4.23. The van der Waals surface area contributed by atoms with Crippen LogP contribution in [-0.2, 0) is 16.1 Å². The minimum atomic E-state index is -0.646. The second-order valence-corrected chi connectivity index (χ2v) is 6.86. The summed E-state index contributed by atoms with van der Waals surface area (Å²) in [5.74, 6) is 0.0256. The maximum absolute atomic E-state index is 12.4. The highest BCUT2D eigenvalue weighted by molar-refractivity contribution is 6.31. The average molecular weight is 440 g/mol. The van der Waals surface area contributed by atoms with Gasteiger partial charge in [-0.25, -0.2) is 4.79 Å². The molecule has 0 aliphatic heterocycles. The summed E-state index contributed by atoms with van der Waals surface area (Å²) >= 11 is 6.06. The molecule has 160 valence electrons. The third kappa shape index (κ3) is 7.04. The normalized spacial score (nSPS) is 10.2. The largest absolute Gasteiger partial charge is 0.490 e. The zero-order valence-corrected chi connectivity index (χ0v) is 17.5. The van der Waals surface area contributed by atoms with Crippen molar-refractivity contribution in [3.63, 3.8) is 0 Å². The quantitative estimate of drug-likeness (QED) is 0.377. The standard InChI is InChI=1S/C24H22ClNO5/c25-21-12-6-4-8-18(21)16-26-23(27)17-31-24(28)20-11-5-7-13-22(20)30-15-14-29-19-9-2-1-3-10-19/h1-13H,14-17H2,(H,26,27). The predicted molar refractivity (Wildman–Crippen MR) is 117 cm³/mol. The van der Waals surface area contributed by atoms with Gasteiger partial charge in [0.2, 0.25) is 0 Å². The number of nitrogens with one attached hydrogen (secondary N) is 1. The summed E-state index contributed by atoms with van der Waals surface area (Å²) in [4.78, 5) is 24.4. The topological polar surface area (TPSA) is 73.9 Å². The molecule has 0 aliphatic carbocycles. The number of carbonyl (C=O) groups is 2. The lowest BCUT2D eigenvalue weighted by atomic mass is 10.2. The lowest BCUT2D eigenvalue weighted by molar-refractivity contribution is -0.124. The zero-order valence-electron chi connectivity index (χ0n) is 16.8. The van der Waals surface area contributed by atoms with Gasteiger partial charge in [0, 0.05) is 11.6 Å². The first kappa shape index (κ1) is 22.2. The van der Waals surface area contributed by atoms with Crippen LogP contribution in [0.25, 0.3) is 0 Å². The maximum Gasteiger partial charge on any atom is 0.342 e. The molecule has 3 aromatic carbocycles. The fourth-order valence-corrected chi connectivity index (χ4v) is 2.89. The molecule has 0 spiro atoms. The second-order valence-electron chi connectivity index (χ2n) is 6.45. The Morgan fingerprint density at radius 1 is 0.806 bits per heavy atom. The minimum absolute atomic E-state index is 0.237. The molecule has 3 aromatic rings. The van der Waals surface area contributed by atoms with Crippen molar-refractivity contribution in [2.75, 3.05) is 19.8 Å². The van der Waals surface area contributed by atoms with Gasteiger partial charge in [0.25, 0.3) is 5.91 Å². The first-order valence-electron chi connectivity index (χ1n) is 9.70. The molecule has 0 saturated carbocycles.